The van der Waals surface area contributed by atoms with E-state index in [1.54, 1.807) is 0 Å². The highest BCUT2D eigenvalue weighted by atomic mass is 16.1. The van der Waals surface area contributed by atoms with Gasteiger partial charge in [-0.3, -0.25) is 4.79 Å². The van der Waals surface area contributed by atoms with Crippen LogP contribution in [0.4, 0.5) is 0 Å². The molecule has 0 aromatic rings. The quantitative estimate of drug-likeness (QED) is 0.660. The SMILES string of the molecule is CC1(C)CCCC(C2(C#N)CC(=O)C2)C1. The Kier molecular flexibility index (Phi) is 2.37. The lowest BCUT2D eigenvalue weighted by atomic mass is 9.55. The minimum Gasteiger partial charge on any atom is -0.300 e. The summed E-state index contributed by atoms with van der Waals surface area (Å²) in [4.78, 5) is 11.1. The number of hydrogen-bond acceptors (Lipinski definition) is 2. The minimum atomic E-state index is -0.283. The van der Waals surface area contributed by atoms with Gasteiger partial charge in [-0.25, -0.2) is 0 Å². The van der Waals surface area contributed by atoms with Gasteiger partial charge >= 0.3 is 0 Å². The van der Waals surface area contributed by atoms with Crippen LogP contribution in [0.2, 0.25) is 0 Å². The van der Waals surface area contributed by atoms with Gasteiger partial charge in [0.1, 0.15) is 5.78 Å². The standard InChI is InChI=1S/C13H19NO/c1-12(2)5-3-4-10(6-12)13(9-14)7-11(15)8-13/h10H,3-8H2,1-2H3. The van der Waals surface area contributed by atoms with Gasteiger partial charge in [-0.2, -0.15) is 5.26 Å². The second-order valence-electron chi connectivity index (χ2n) is 6.12. The van der Waals surface area contributed by atoms with Gasteiger partial charge in [0.2, 0.25) is 0 Å². The summed E-state index contributed by atoms with van der Waals surface area (Å²) in [6, 6.07) is 2.43. The highest BCUT2D eigenvalue weighted by Crippen LogP contribution is 2.53. The highest BCUT2D eigenvalue weighted by Gasteiger charge is 2.51. The van der Waals surface area contributed by atoms with Crippen molar-refractivity contribution in [2.24, 2.45) is 16.7 Å². The van der Waals surface area contributed by atoms with E-state index >= 15 is 0 Å². The van der Waals surface area contributed by atoms with Crippen molar-refractivity contribution >= 4 is 5.78 Å². The largest absolute Gasteiger partial charge is 0.300 e. The van der Waals surface area contributed by atoms with Gasteiger partial charge in [-0.05, 0) is 30.6 Å². The smallest absolute Gasteiger partial charge is 0.136 e. The van der Waals surface area contributed by atoms with Crippen molar-refractivity contribution in [3.8, 4) is 6.07 Å². The second-order valence-corrected chi connectivity index (χ2v) is 6.12. The molecule has 2 heteroatoms. The predicted octanol–water partition coefficient (Wildman–Crippen LogP) is 3.08. The van der Waals surface area contributed by atoms with Crippen LogP contribution < -0.4 is 0 Å². The van der Waals surface area contributed by atoms with E-state index in [1.807, 2.05) is 0 Å². The summed E-state index contributed by atoms with van der Waals surface area (Å²) in [6.07, 6.45) is 5.78. The van der Waals surface area contributed by atoms with Gasteiger partial charge in [0.05, 0.1) is 11.5 Å². The summed E-state index contributed by atoms with van der Waals surface area (Å²) in [5, 5.41) is 9.27. The lowest BCUT2D eigenvalue weighted by Crippen LogP contribution is -2.45. The molecule has 2 nitrogen and oxygen atoms in total. The van der Waals surface area contributed by atoms with Crippen LogP contribution in [0.5, 0.6) is 0 Å². The molecule has 0 aromatic heterocycles. The number of Topliss-reactive ketones (excluding diaryl/α,β-unsaturated/α-hetero) is 1. The zero-order valence-corrected chi connectivity index (χ0v) is 9.68. The number of hydrogen-bond donors (Lipinski definition) is 0. The normalized spacial score (nSPS) is 32.9. The number of ketones is 1. The van der Waals surface area contributed by atoms with Crippen molar-refractivity contribution in [1.29, 1.82) is 5.26 Å². The fourth-order valence-electron chi connectivity index (χ4n) is 3.28. The Balaban J connectivity index is 2.10. The molecule has 0 spiro atoms. The average Bonchev–Trinajstić information content (AvgIpc) is 2.11. The Bertz CT molecular complexity index is 316. The van der Waals surface area contributed by atoms with E-state index in [9.17, 15) is 10.1 Å². The van der Waals surface area contributed by atoms with Crippen LogP contribution in [0, 0.1) is 28.1 Å². The molecule has 0 aliphatic heterocycles. The van der Waals surface area contributed by atoms with Gasteiger partial charge in [0.15, 0.2) is 0 Å². The van der Waals surface area contributed by atoms with Crippen LogP contribution >= 0.6 is 0 Å². The van der Waals surface area contributed by atoms with Crippen molar-refractivity contribution in [1.82, 2.24) is 0 Å². The molecule has 2 fully saturated rings. The lowest BCUT2D eigenvalue weighted by molar-refractivity contribution is -0.133. The molecule has 0 N–H and O–H groups in total. The van der Waals surface area contributed by atoms with Crippen LogP contribution in [0.1, 0.15) is 52.4 Å². The number of nitrogens with zero attached hydrogens (tertiary/aromatic N) is 1. The third-order valence-electron chi connectivity index (χ3n) is 4.23. The summed E-state index contributed by atoms with van der Waals surface area (Å²) in [6.45, 7) is 4.56. The van der Waals surface area contributed by atoms with Crippen molar-refractivity contribution in [2.45, 2.75) is 52.4 Å². The van der Waals surface area contributed by atoms with Crippen LogP contribution in [0.25, 0.3) is 0 Å². The summed E-state index contributed by atoms with van der Waals surface area (Å²) >= 11 is 0. The van der Waals surface area contributed by atoms with Crippen LogP contribution in [0.15, 0.2) is 0 Å². The van der Waals surface area contributed by atoms with E-state index in [0.29, 0.717) is 24.2 Å². The molecular weight excluding hydrogens is 186 g/mol. The highest BCUT2D eigenvalue weighted by molar-refractivity contribution is 5.87. The molecular formula is C13H19NO. The zero-order chi connectivity index (χ0) is 11.1. The lowest BCUT2D eigenvalue weighted by Gasteiger charge is -2.46. The predicted molar refractivity (Wildman–Crippen MR) is 58.0 cm³/mol. The van der Waals surface area contributed by atoms with Gasteiger partial charge in [0.25, 0.3) is 0 Å². The Morgan fingerprint density at radius 1 is 1.40 bits per heavy atom. The van der Waals surface area contributed by atoms with Gasteiger partial charge in [-0.1, -0.05) is 20.3 Å². The second kappa shape index (κ2) is 3.33. The Morgan fingerprint density at radius 2 is 2.07 bits per heavy atom. The number of rotatable bonds is 1. The fraction of sp³-hybridized carbons (Fsp3) is 0.846. The van der Waals surface area contributed by atoms with E-state index in [1.165, 1.54) is 12.8 Å². The monoisotopic (exact) mass is 205 g/mol. The first-order valence-corrected chi connectivity index (χ1v) is 5.90. The maximum atomic E-state index is 11.1. The molecule has 15 heavy (non-hydrogen) atoms. The summed E-state index contributed by atoms with van der Waals surface area (Å²) < 4.78 is 0. The third kappa shape index (κ3) is 1.80. The first-order valence-electron chi connectivity index (χ1n) is 5.90. The molecule has 2 rings (SSSR count). The molecule has 0 heterocycles. The summed E-state index contributed by atoms with van der Waals surface area (Å²) in [7, 11) is 0. The summed E-state index contributed by atoms with van der Waals surface area (Å²) in [5.41, 5.74) is 0.0835. The van der Waals surface area contributed by atoms with Crippen LogP contribution in [0.3, 0.4) is 0 Å². The molecule has 2 aliphatic rings. The van der Waals surface area contributed by atoms with Crippen molar-refractivity contribution in [2.75, 3.05) is 0 Å². The molecule has 0 aromatic carbocycles. The first-order chi connectivity index (χ1) is 6.97. The molecule has 0 amide bonds. The van der Waals surface area contributed by atoms with E-state index in [2.05, 4.69) is 19.9 Å². The van der Waals surface area contributed by atoms with Gasteiger partial charge in [-0.15, -0.1) is 0 Å². The molecule has 1 atom stereocenters. The maximum absolute atomic E-state index is 11.1. The molecule has 2 aliphatic carbocycles. The van der Waals surface area contributed by atoms with Gasteiger partial charge in [0, 0.05) is 12.8 Å². The minimum absolute atomic E-state index is 0.278. The average molecular weight is 205 g/mol. The van der Waals surface area contributed by atoms with E-state index < -0.39 is 0 Å². The van der Waals surface area contributed by atoms with Gasteiger partial charge < -0.3 is 0 Å². The molecule has 2 saturated carbocycles. The van der Waals surface area contributed by atoms with Crippen molar-refractivity contribution in [3.05, 3.63) is 0 Å². The van der Waals surface area contributed by atoms with Crippen molar-refractivity contribution < 1.29 is 4.79 Å². The van der Waals surface area contributed by atoms with Crippen LogP contribution in [-0.4, -0.2) is 5.78 Å². The Labute approximate surface area is 91.7 Å². The van der Waals surface area contributed by atoms with E-state index in [0.717, 1.165) is 12.8 Å². The fourth-order valence-corrected chi connectivity index (χ4v) is 3.28. The number of carbonyl (C=O) groups is 1. The van der Waals surface area contributed by atoms with E-state index in [-0.39, 0.29) is 11.2 Å². The molecule has 0 bridgehead atoms. The zero-order valence-electron chi connectivity index (χ0n) is 9.68. The Morgan fingerprint density at radius 3 is 2.53 bits per heavy atom. The molecule has 1 unspecified atom stereocenters. The maximum Gasteiger partial charge on any atom is 0.136 e. The van der Waals surface area contributed by atoms with Crippen molar-refractivity contribution in [3.63, 3.8) is 0 Å². The molecule has 0 saturated heterocycles. The first kappa shape index (κ1) is 10.7. The number of carbonyl (C=O) groups excluding carboxylic acids is 1. The Hall–Kier alpha value is -0.840. The van der Waals surface area contributed by atoms with E-state index in [4.69, 9.17) is 0 Å². The van der Waals surface area contributed by atoms with Crippen LogP contribution in [-0.2, 0) is 4.79 Å². The number of nitriles is 1. The summed E-state index contributed by atoms with van der Waals surface area (Å²) in [5.74, 6) is 0.740. The third-order valence-corrected chi connectivity index (χ3v) is 4.23. The topological polar surface area (TPSA) is 40.9 Å². The molecule has 82 valence electrons. The molecule has 0 radical (unpaired) electrons.